The molecule has 6 heteroatoms. The van der Waals surface area contributed by atoms with Gasteiger partial charge in [0.05, 0.1) is 0 Å². The molecule has 4 nitrogen and oxygen atoms in total. The van der Waals surface area contributed by atoms with Crippen LogP contribution in [0.4, 0.5) is 0 Å². The summed E-state index contributed by atoms with van der Waals surface area (Å²) in [6, 6.07) is 10.3. The Hall–Kier alpha value is -0.838. The smallest absolute Gasteiger partial charge is 0.358 e. The van der Waals surface area contributed by atoms with Crippen LogP contribution < -0.4 is 5.32 Å². The Morgan fingerprint density at radius 2 is 1.89 bits per heavy atom. The van der Waals surface area contributed by atoms with Gasteiger partial charge in [0.15, 0.2) is 0 Å². The monoisotopic (exact) mass is 714 g/mol. The summed E-state index contributed by atoms with van der Waals surface area (Å²) in [5.41, 5.74) is 4.39. The molecule has 1 amide bonds. The van der Waals surface area contributed by atoms with Crippen molar-refractivity contribution >= 4 is 37.7 Å². The topological polar surface area (TPSA) is 49.4 Å². The van der Waals surface area contributed by atoms with E-state index in [9.17, 15) is 9.59 Å². The minimum atomic E-state index is -0.758. The third-order valence-corrected chi connectivity index (χ3v) is 9.85. The summed E-state index contributed by atoms with van der Waals surface area (Å²) in [5.74, 6) is -0.0222. The first-order valence-corrected chi connectivity index (χ1v) is 14.1. The van der Waals surface area contributed by atoms with Crippen molar-refractivity contribution in [1.82, 2.24) is 10.2 Å². The van der Waals surface area contributed by atoms with Gasteiger partial charge in [-0.2, -0.15) is 0 Å². The second kappa shape index (κ2) is 10.3. The Morgan fingerprint density at radius 3 is 2.54 bits per heavy atom. The summed E-state index contributed by atoms with van der Waals surface area (Å²) >= 11 is -0.758. The Balaban J connectivity index is 0.00000140. The van der Waals surface area contributed by atoms with Crippen LogP contribution in [0.5, 0.6) is 0 Å². The Labute approximate surface area is 198 Å². The summed E-state index contributed by atoms with van der Waals surface area (Å²) in [7, 11) is 0. The van der Waals surface area contributed by atoms with Crippen LogP contribution in [0, 0.1) is 44.5 Å². The number of nitrogens with one attached hydrogen (secondary N) is 1. The molecule has 0 radical (unpaired) electrons. The van der Waals surface area contributed by atoms with E-state index in [4.69, 9.17) is 0 Å². The molecular weight excluding hydrogens is 689 g/mol. The van der Waals surface area contributed by atoms with E-state index in [2.05, 4.69) is 27.3 Å². The molecule has 4 rings (SSSR count). The number of benzene rings is 1. The van der Waals surface area contributed by atoms with E-state index in [1.165, 1.54) is 8.86 Å². The van der Waals surface area contributed by atoms with Gasteiger partial charge in [-0.1, -0.05) is 0 Å². The molecule has 1 unspecified atom stereocenters. The van der Waals surface area contributed by atoms with Crippen LogP contribution in [0.1, 0.15) is 12.0 Å². The molecular formula is C22H25IN2O2U. The molecule has 1 N–H and O–H groups in total. The van der Waals surface area contributed by atoms with Crippen LogP contribution in [-0.2, 0) is 9.59 Å². The van der Waals surface area contributed by atoms with Crippen molar-refractivity contribution in [2.24, 2.45) is 5.92 Å². The average Bonchev–Trinajstić information content (AvgIpc) is 2.99. The molecule has 1 atom stereocenters. The standard InChI is InChI=1S/C21H22IN2O2.CH3.U/c1-22-9-11-24(12-10-22)20(16-5-3-2-4-6-16)19-17-8-7-15(14-25)13-18(17)23-21(19)26;;/h2-7,13,17H,8-12H2,1H3,(H,23,26);1H3;/q2*-1;+2/b20-19+;;. The molecule has 2 heterocycles. The first kappa shape index (κ1) is 23.4. The summed E-state index contributed by atoms with van der Waals surface area (Å²) in [4.78, 5) is 28.7. The normalized spacial score (nSPS) is 24.0. The molecule has 0 spiro atoms. The first-order chi connectivity index (χ1) is 12.7. The Kier molecular flexibility index (Phi) is 8.60. The zero-order chi connectivity index (χ0) is 18.1. The van der Waals surface area contributed by atoms with Gasteiger partial charge in [0, 0.05) is 0 Å². The van der Waals surface area contributed by atoms with Gasteiger partial charge in [0.1, 0.15) is 0 Å². The van der Waals surface area contributed by atoms with E-state index in [0.717, 1.165) is 35.6 Å². The molecule has 1 aromatic rings. The fourth-order valence-electron chi connectivity index (χ4n) is 3.82. The Bertz CT molecular complexity index is 824. The zero-order valence-electron chi connectivity index (χ0n) is 16.3. The van der Waals surface area contributed by atoms with Gasteiger partial charge in [-0.15, -0.1) is 0 Å². The predicted octanol–water partition coefficient (Wildman–Crippen LogP) is 3.37. The first-order valence-electron chi connectivity index (χ1n) is 8.85. The van der Waals surface area contributed by atoms with Gasteiger partial charge >= 0.3 is 193 Å². The van der Waals surface area contributed by atoms with Crippen molar-refractivity contribution in [2.75, 3.05) is 26.9 Å². The fraction of sp³-hybridized carbons (Fsp3) is 0.318. The maximum Gasteiger partial charge on any atom is 2.00 e. The van der Waals surface area contributed by atoms with Crippen LogP contribution in [0.25, 0.3) is 5.70 Å². The average molecular weight is 714 g/mol. The Morgan fingerprint density at radius 1 is 1.21 bits per heavy atom. The van der Waals surface area contributed by atoms with Crippen LogP contribution in [0.15, 0.2) is 59.3 Å². The number of halogens is 1. The van der Waals surface area contributed by atoms with Gasteiger partial charge < -0.3 is 7.43 Å². The van der Waals surface area contributed by atoms with E-state index in [1.54, 1.807) is 6.08 Å². The predicted molar refractivity (Wildman–Crippen MR) is 119 cm³/mol. The van der Waals surface area contributed by atoms with Crippen molar-refractivity contribution in [3.63, 3.8) is 0 Å². The second-order valence-corrected chi connectivity index (χ2v) is 13.1. The molecule has 28 heavy (non-hydrogen) atoms. The van der Waals surface area contributed by atoms with Gasteiger partial charge in [-0.05, 0) is 0 Å². The number of alkyl halides is 3. The van der Waals surface area contributed by atoms with E-state index in [0.29, 0.717) is 12.0 Å². The van der Waals surface area contributed by atoms with Crippen molar-refractivity contribution in [3.8, 4) is 0 Å². The molecule has 1 aliphatic carbocycles. The maximum atomic E-state index is 12.9. The number of carbonyl (C=O) groups excluding carboxylic acids is 2. The molecule has 1 aromatic carbocycles. The quantitative estimate of drug-likeness (QED) is 0.227. The van der Waals surface area contributed by atoms with Crippen LogP contribution in [-0.4, -0.2) is 44.0 Å². The minimum Gasteiger partial charge on any atom is -0.358 e. The molecule has 2 aliphatic heterocycles. The van der Waals surface area contributed by atoms with E-state index in [1.807, 2.05) is 30.6 Å². The SMILES string of the molecule is CI1CCN(/C(=C2/C(=O)NC3=CC([C-]=O)=CCC32)c2ccccc2)CC1.[CH3-].[U+2]. The van der Waals surface area contributed by atoms with Gasteiger partial charge in [0.2, 0.25) is 0 Å². The molecule has 0 saturated carbocycles. The number of allylic oxidation sites excluding steroid dienone is 4. The molecule has 2 fully saturated rings. The summed E-state index contributed by atoms with van der Waals surface area (Å²) in [6.07, 6.45) is 6.25. The number of fused-ring (bicyclic) bond motifs is 1. The third-order valence-electron chi connectivity index (χ3n) is 5.20. The van der Waals surface area contributed by atoms with Crippen LogP contribution in [0.2, 0.25) is 0 Å². The summed E-state index contributed by atoms with van der Waals surface area (Å²) in [5, 5.41) is 3.00. The van der Waals surface area contributed by atoms with Gasteiger partial charge in [-0.3, -0.25) is 0 Å². The fourth-order valence-corrected chi connectivity index (χ4v) is 7.17. The van der Waals surface area contributed by atoms with Crippen LogP contribution in [0.3, 0.4) is 0 Å². The molecule has 3 aliphatic rings. The maximum absolute atomic E-state index is 12.9. The summed E-state index contributed by atoms with van der Waals surface area (Å²) in [6.45, 7) is 2.08. The van der Waals surface area contributed by atoms with Gasteiger partial charge in [0.25, 0.3) is 0 Å². The number of carbonyl (C=O) groups is 1. The zero-order valence-corrected chi connectivity index (χ0v) is 22.6. The third kappa shape index (κ3) is 4.66. The number of hydrogen-bond acceptors (Lipinski definition) is 3. The number of amides is 1. The molecule has 0 aromatic heterocycles. The minimum absolute atomic E-state index is 0. The van der Waals surface area contributed by atoms with Crippen LogP contribution >= 0.6 is 19.8 Å². The van der Waals surface area contributed by atoms with E-state index >= 15 is 0 Å². The number of rotatable bonds is 3. The van der Waals surface area contributed by atoms with Crippen molar-refractivity contribution < 1.29 is 40.7 Å². The largest absolute Gasteiger partial charge is 2.00 e. The number of nitrogens with zero attached hydrogens (tertiary/aromatic N) is 1. The van der Waals surface area contributed by atoms with E-state index in [-0.39, 0.29) is 50.4 Å². The second-order valence-electron chi connectivity index (χ2n) is 6.82. The van der Waals surface area contributed by atoms with Gasteiger partial charge in [-0.25, -0.2) is 0 Å². The molecule has 146 valence electrons. The van der Waals surface area contributed by atoms with Crippen molar-refractivity contribution in [3.05, 3.63) is 72.3 Å². The van der Waals surface area contributed by atoms with Crippen molar-refractivity contribution in [2.45, 2.75) is 6.42 Å². The van der Waals surface area contributed by atoms with Crippen molar-refractivity contribution in [1.29, 1.82) is 0 Å². The van der Waals surface area contributed by atoms with E-state index < -0.39 is 19.8 Å². The molecule has 0 bridgehead atoms. The number of hydrogen-bond donors (Lipinski definition) is 1. The molecule has 2 saturated heterocycles. The summed E-state index contributed by atoms with van der Waals surface area (Å²) < 4.78 is 2.60.